The zero-order valence-corrected chi connectivity index (χ0v) is 17.2. The van der Waals surface area contributed by atoms with Crippen molar-refractivity contribution in [3.8, 4) is 16.9 Å². The fraction of sp³-hybridized carbons (Fsp3) is 0.0400. The smallest absolute Gasteiger partial charge is 0.335 e. The summed E-state index contributed by atoms with van der Waals surface area (Å²) < 4.78 is 4.10. The SMILES string of the molecule is O=C(O)c1ccc2cc(-c3ccc(-n4ccnc4)cc3)n(Cc3ccc(Cl)cc3)c2c1. The molecule has 0 saturated heterocycles. The summed E-state index contributed by atoms with van der Waals surface area (Å²) in [6.07, 6.45) is 5.41. The second-order valence-electron chi connectivity index (χ2n) is 7.34. The van der Waals surface area contributed by atoms with E-state index < -0.39 is 5.97 Å². The molecule has 0 atom stereocenters. The number of carboxylic acid groups (broad SMARTS) is 1. The van der Waals surface area contributed by atoms with Gasteiger partial charge in [-0.25, -0.2) is 9.78 Å². The first-order valence-corrected chi connectivity index (χ1v) is 10.2. The number of rotatable bonds is 5. The number of carboxylic acids is 1. The molecule has 0 aliphatic heterocycles. The lowest BCUT2D eigenvalue weighted by Gasteiger charge is -2.13. The van der Waals surface area contributed by atoms with E-state index in [9.17, 15) is 9.90 Å². The molecule has 0 bridgehead atoms. The number of imidazole rings is 1. The fourth-order valence-corrected chi connectivity index (χ4v) is 3.91. The lowest BCUT2D eigenvalue weighted by atomic mass is 10.1. The first kappa shape index (κ1) is 19.2. The van der Waals surface area contributed by atoms with Gasteiger partial charge in [0.2, 0.25) is 0 Å². The Morgan fingerprint density at radius 1 is 0.968 bits per heavy atom. The summed E-state index contributed by atoms with van der Waals surface area (Å²) in [5, 5.41) is 11.1. The molecule has 0 aliphatic rings. The molecule has 152 valence electrons. The lowest BCUT2D eigenvalue weighted by Crippen LogP contribution is -2.03. The van der Waals surface area contributed by atoms with Gasteiger partial charge < -0.3 is 14.2 Å². The van der Waals surface area contributed by atoms with Gasteiger partial charge in [0, 0.05) is 46.2 Å². The minimum Gasteiger partial charge on any atom is -0.478 e. The molecule has 1 N–H and O–H groups in total. The van der Waals surface area contributed by atoms with Gasteiger partial charge in [-0.1, -0.05) is 41.9 Å². The number of carbonyl (C=O) groups is 1. The van der Waals surface area contributed by atoms with Crippen molar-refractivity contribution in [2.45, 2.75) is 6.54 Å². The van der Waals surface area contributed by atoms with E-state index in [4.69, 9.17) is 11.6 Å². The summed E-state index contributed by atoms with van der Waals surface area (Å²) in [5.41, 5.74) is 5.32. The molecule has 6 heteroatoms. The number of aromatic nitrogens is 3. The van der Waals surface area contributed by atoms with Crippen LogP contribution < -0.4 is 0 Å². The van der Waals surface area contributed by atoms with Crippen molar-refractivity contribution in [2.24, 2.45) is 0 Å². The van der Waals surface area contributed by atoms with Crippen LogP contribution in [-0.2, 0) is 6.54 Å². The normalized spacial score (nSPS) is 11.1. The van der Waals surface area contributed by atoms with Gasteiger partial charge in [-0.15, -0.1) is 0 Å². The molecule has 0 radical (unpaired) electrons. The van der Waals surface area contributed by atoms with E-state index in [-0.39, 0.29) is 5.56 Å². The Hall–Kier alpha value is -3.83. The third kappa shape index (κ3) is 3.71. The first-order valence-electron chi connectivity index (χ1n) is 9.78. The lowest BCUT2D eigenvalue weighted by molar-refractivity contribution is 0.0697. The van der Waals surface area contributed by atoms with Crippen LogP contribution in [0.15, 0.2) is 91.5 Å². The molecule has 0 spiro atoms. The van der Waals surface area contributed by atoms with Crippen molar-refractivity contribution >= 4 is 28.5 Å². The topological polar surface area (TPSA) is 60.0 Å². The maximum atomic E-state index is 11.5. The van der Waals surface area contributed by atoms with E-state index in [1.807, 2.05) is 53.2 Å². The van der Waals surface area contributed by atoms with Crippen LogP contribution in [0.3, 0.4) is 0 Å². The molecule has 31 heavy (non-hydrogen) atoms. The highest BCUT2D eigenvalue weighted by atomic mass is 35.5. The Bertz CT molecular complexity index is 1370. The highest BCUT2D eigenvalue weighted by molar-refractivity contribution is 6.30. The van der Waals surface area contributed by atoms with E-state index in [1.54, 1.807) is 24.7 Å². The molecule has 2 heterocycles. The Kier molecular flexibility index (Phi) is 4.81. The maximum Gasteiger partial charge on any atom is 0.335 e. The number of benzene rings is 3. The monoisotopic (exact) mass is 427 g/mol. The van der Waals surface area contributed by atoms with Gasteiger partial charge >= 0.3 is 5.97 Å². The maximum absolute atomic E-state index is 11.5. The molecule has 0 amide bonds. The van der Waals surface area contributed by atoms with Crippen molar-refractivity contribution in [1.82, 2.24) is 14.1 Å². The molecular formula is C25H18ClN3O2. The number of fused-ring (bicyclic) bond motifs is 1. The number of hydrogen-bond donors (Lipinski definition) is 1. The fourth-order valence-electron chi connectivity index (χ4n) is 3.79. The van der Waals surface area contributed by atoms with E-state index in [0.29, 0.717) is 11.6 Å². The van der Waals surface area contributed by atoms with Crippen LogP contribution in [0.2, 0.25) is 5.02 Å². The van der Waals surface area contributed by atoms with Crippen LogP contribution in [-0.4, -0.2) is 25.2 Å². The van der Waals surface area contributed by atoms with Crippen molar-refractivity contribution in [2.75, 3.05) is 0 Å². The summed E-state index contributed by atoms with van der Waals surface area (Å²) in [5.74, 6) is -0.938. The summed E-state index contributed by atoms with van der Waals surface area (Å²) >= 11 is 6.05. The predicted octanol–water partition coefficient (Wildman–Crippen LogP) is 5.89. The Labute approximate surface area is 183 Å². The molecule has 0 unspecified atom stereocenters. The highest BCUT2D eigenvalue weighted by Crippen LogP contribution is 2.31. The van der Waals surface area contributed by atoms with Crippen LogP contribution in [0.25, 0.3) is 27.8 Å². The molecule has 5 nitrogen and oxygen atoms in total. The van der Waals surface area contributed by atoms with E-state index in [0.717, 1.165) is 33.4 Å². The van der Waals surface area contributed by atoms with Crippen LogP contribution >= 0.6 is 11.6 Å². The van der Waals surface area contributed by atoms with Gasteiger partial charge in [0.1, 0.15) is 0 Å². The first-order chi connectivity index (χ1) is 15.1. The van der Waals surface area contributed by atoms with Crippen molar-refractivity contribution in [3.05, 3.63) is 108 Å². The van der Waals surface area contributed by atoms with Gasteiger partial charge in [-0.05, 0) is 53.6 Å². The summed E-state index contributed by atoms with van der Waals surface area (Å²) in [7, 11) is 0. The van der Waals surface area contributed by atoms with Crippen molar-refractivity contribution in [3.63, 3.8) is 0 Å². The molecule has 2 aromatic heterocycles. The second kappa shape index (κ2) is 7.78. The summed E-state index contributed by atoms with van der Waals surface area (Å²) in [6, 6.07) is 23.3. The van der Waals surface area contributed by atoms with E-state index in [1.165, 1.54) is 0 Å². The number of halogens is 1. The minimum atomic E-state index is -0.938. The molecule has 0 fully saturated rings. The summed E-state index contributed by atoms with van der Waals surface area (Å²) in [6.45, 7) is 0.600. The Morgan fingerprint density at radius 2 is 1.74 bits per heavy atom. The molecule has 5 aromatic rings. The van der Waals surface area contributed by atoms with Crippen molar-refractivity contribution < 1.29 is 9.90 Å². The molecule has 0 aliphatic carbocycles. The van der Waals surface area contributed by atoms with E-state index >= 15 is 0 Å². The van der Waals surface area contributed by atoms with Crippen molar-refractivity contribution in [1.29, 1.82) is 0 Å². The minimum absolute atomic E-state index is 0.268. The van der Waals surface area contributed by atoms with Crippen LogP contribution in [0.1, 0.15) is 15.9 Å². The zero-order chi connectivity index (χ0) is 21.4. The van der Waals surface area contributed by atoms with Gasteiger partial charge in [-0.2, -0.15) is 0 Å². The molecule has 5 rings (SSSR count). The summed E-state index contributed by atoms with van der Waals surface area (Å²) in [4.78, 5) is 15.6. The van der Waals surface area contributed by atoms with Gasteiger partial charge in [0.05, 0.1) is 11.9 Å². The average molecular weight is 428 g/mol. The Balaban J connectivity index is 1.64. The standard InChI is InChI=1S/C25H18ClN3O2/c26-21-7-1-17(2-8-21)15-29-23(13-19-3-4-20(25(30)31)14-24(19)29)18-5-9-22(10-6-18)28-12-11-27-16-28/h1-14,16H,15H2,(H,30,31). The average Bonchev–Trinajstić information content (AvgIpc) is 3.44. The van der Waals surface area contributed by atoms with Crippen LogP contribution in [0.5, 0.6) is 0 Å². The van der Waals surface area contributed by atoms with E-state index in [2.05, 4.69) is 27.8 Å². The van der Waals surface area contributed by atoms with Crippen LogP contribution in [0, 0.1) is 0 Å². The van der Waals surface area contributed by atoms with Gasteiger partial charge in [0.25, 0.3) is 0 Å². The Morgan fingerprint density at radius 3 is 2.42 bits per heavy atom. The molecular weight excluding hydrogens is 410 g/mol. The highest BCUT2D eigenvalue weighted by Gasteiger charge is 2.14. The second-order valence-corrected chi connectivity index (χ2v) is 7.77. The molecule has 0 saturated carbocycles. The van der Waals surface area contributed by atoms with Gasteiger partial charge in [-0.3, -0.25) is 0 Å². The largest absolute Gasteiger partial charge is 0.478 e. The third-order valence-corrected chi connectivity index (χ3v) is 5.62. The number of aromatic carboxylic acids is 1. The quantitative estimate of drug-likeness (QED) is 0.380. The predicted molar refractivity (Wildman–Crippen MR) is 122 cm³/mol. The van der Waals surface area contributed by atoms with Gasteiger partial charge in [0.15, 0.2) is 0 Å². The van der Waals surface area contributed by atoms with Crippen LogP contribution in [0.4, 0.5) is 0 Å². The number of nitrogens with zero attached hydrogens (tertiary/aromatic N) is 3. The molecule has 3 aromatic carbocycles. The third-order valence-electron chi connectivity index (χ3n) is 5.37. The number of hydrogen-bond acceptors (Lipinski definition) is 2. The zero-order valence-electron chi connectivity index (χ0n) is 16.4.